The maximum atomic E-state index is 9.25. The Morgan fingerprint density at radius 3 is 1.41 bits per heavy atom. The molecule has 2 aromatic heterocycles. The van der Waals surface area contributed by atoms with Crippen LogP contribution in [0.25, 0.3) is 22.3 Å². The molecule has 2 aromatic carbocycles. The van der Waals surface area contributed by atoms with Crippen molar-refractivity contribution in [3.05, 3.63) is 97.6 Å². The number of phenols is 1. The minimum absolute atomic E-state index is 0.206. The standard InChI is InChI=1S/C17H23NOSi.C11H9NO.C7H18Si/c1-17(2,3)20(4,5)19-16-10-6-8-14(12-16)15-9-7-11-18-13-15;13-11-5-1-3-9(7-11)10-4-2-6-12-8-10;1-7(2,3)8(4,5)6/h6-13H,1-5H3;1-8,13H;1-6H3. The Kier molecular flexibility index (Phi) is 11.7. The molecule has 2 heterocycles. The monoisotopic (exact) mass is 586 g/mol. The Bertz CT molecular complexity index is 1330. The van der Waals surface area contributed by atoms with Gasteiger partial charge in [0.15, 0.2) is 0 Å². The smallest absolute Gasteiger partial charge is 0.250 e. The van der Waals surface area contributed by atoms with Crippen LogP contribution in [-0.4, -0.2) is 31.5 Å². The SMILES string of the molecule is CC(C)(C)[Si](C)(C)C.CC(C)(C)[Si](C)(C)Oc1cccc(-c2cccnc2)c1.Oc1cccc(-c2cccnc2)c1. The second kappa shape index (κ2) is 14.1. The Balaban J connectivity index is 0.000000240. The maximum Gasteiger partial charge on any atom is 0.250 e. The van der Waals surface area contributed by atoms with Crippen LogP contribution in [0.3, 0.4) is 0 Å². The van der Waals surface area contributed by atoms with Gasteiger partial charge < -0.3 is 9.53 Å². The number of rotatable bonds is 4. The molecule has 0 aliphatic heterocycles. The highest BCUT2D eigenvalue weighted by Gasteiger charge is 2.39. The summed E-state index contributed by atoms with van der Waals surface area (Å²) < 4.78 is 6.35. The van der Waals surface area contributed by atoms with E-state index in [0.717, 1.165) is 28.0 Å². The van der Waals surface area contributed by atoms with Gasteiger partial charge in [0.1, 0.15) is 11.5 Å². The van der Waals surface area contributed by atoms with E-state index in [1.165, 1.54) is 0 Å². The molecule has 0 amide bonds. The van der Waals surface area contributed by atoms with Gasteiger partial charge in [-0.25, -0.2) is 0 Å². The van der Waals surface area contributed by atoms with Crippen molar-refractivity contribution in [2.24, 2.45) is 0 Å². The lowest BCUT2D eigenvalue weighted by Gasteiger charge is -2.36. The van der Waals surface area contributed by atoms with Crippen LogP contribution in [-0.2, 0) is 0 Å². The van der Waals surface area contributed by atoms with E-state index in [1.54, 1.807) is 30.7 Å². The van der Waals surface area contributed by atoms with Gasteiger partial charge >= 0.3 is 0 Å². The van der Waals surface area contributed by atoms with Crippen LogP contribution < -0.4 is 4.43 Å². The van der Waals surface area contributed by atoms with Gasteiger partial charge in [-0.05, 0) is 70.7 Å². The average molecular weight is 587 g/mol. The number of hydrogen-bond donors (Lipinski definition) is 1. The van der Waals surface area contributed by atoms with Crippen molar-refractivity contribution in [3.8, 4) is 33.8 Å². The van der Waals surface area contributed by atoms with Crippen LogP contribution in [0.2, 0.25) is 42.8 Å². The van der Waals surface area contributed by atoms with Crippen molar-refractivity contribution in [2.45, 2.75) is 84.4 Å². The molecule has 0 saturated carbocycles. The Morgan fingerprint density at radius 1 is 0.585 bits per heavy atom. The summed E-state index contributed by atoms with van der Waals surface area (Å²) in [5, 5.41) is 10.0. The summed E-state index contributed by atoms with van der Waals surface area (Å²) in [5.74, 6) is 1.24. The van der Waals surface area contributed by atoms with E-state index < -0.39 is 16.4 Å². The van der Waals surface area contributed by atoms with Crippen molar-refractivity contribution in [2.75, 3.05) is 0 Å². The average Bonchev–Trinajstić information content (AvgIpc) is 2.89. The summed E-state index contributed by atoms with van der Waals surface area (Å²) in [6.45, 7) is 25.5. The fourth-order valence-electron chi connectivity index (χ4n) is 2.94. The van der Waals surface area contributed by atoms with Crippen molar-refractivity contribution >= 4 is 16.4 Å². The molecule has 0 bridgehead atoms. The zero-order valence-corrected chi connectivity index (χ0v) is 29.0. The van der Waals surface area contributed by atoms with E-state index in [0.29, 0.717) is 5.04 Å². The molecular formula is C35H50N2O2Si2. The molecule has 0 spiro atoms. The first-order valence-corrected chi connectivity index (χ1v) is 20.7. The summed E-state index contributed by atoms with van der Waals surface area (Å²) in [6, 6.07) is 23.3. The van der Waals surface area contributed by atoms with Crippen molar-refractivity contribution in [3.63, 3.8) is 0 Å². The lowest BCUT2D eigenvalue weighted by atomic mass is 10.1. The zero-order valence-electron chi connectivity index (χ0n) is 27.0. The van der Waals surface area contributed by atoms with Gasteiger partial charge in [0, 0.05) is 44.0 Å². The molecule has 0 fully saturated rings. The Labute approximate surface area is 251 Å². The normalized spacial score (nSPS) is 11.9. The minimum atomic E-state index is -1.79. The predicted molar refractivity (Wildman–Crippen MR) is 182 cm³/mol. The second-order valence-electron chi connectivity index (χ2n) is 13.9. The molecule has 6 heteroatoms. The molecule has 4 nitrogen and oxygen atoms in total. The van der Waals surface area contributed by atoms with E-state index in [2.05, 4.69) is 102 Å². The quantitative estimate of drug-likeness (QED) is 0.242. The van der Waals surface area contributed by atoms with Crippen LogP contribution in [0.15, 0.2) is 97.6 Å². The van der Waals surface area contributed by atoms with Crippen LogP contribution in [0.4, 0.5) is 0 Å². The van der Waals surface area contributed by atoms with Gasteiger partial charge in [0.2, 0.25) is 8.32 Å². The third-order valence-corrected chi connectivity index (χ3v) is 17.0. The van der Waals surface area contributed by atoms with Crippen LogP contribution in [0.1, 0.15) is 41.5 Å². The van der Waals surface area contributed by atoms with Crippen LogP contribution >= 0.6 is 0 Å². The van der Waals surface area contributed by atoms with E-state index in [4.69, 9.17) is 4.43 Å². The second-order valence-corrected chi connectivity index (χ2v) is 24.6. The van der Waals surface area contributed by atoms with Gasteiger partial charge in [-0.3, -0.25) is 9.97 Å². The fraction of sp³-hybridized carbons (Fsp3) is 0.371. The van der Waals surface area contributed by atoms with Gasteiger partial charge in [-0.15, -0.1) is 0 Å². The Morgan fingerprint density at radius 2 is 1.02 bits per heavy atom. The Hall–Kier alpha value is -3.23. The summed E-state index contributed by atoms with van der Waals surface area (Å²) in [7, 11) is -2.64. The van der Waals surface area contributed by atoms with Gasteiger partial charge in [0.05, 0.1) is 0 Å². The van der Waals surface area contributed by atoms with Gasteiger partial charge in [-0.1, -0.05) is 97.6 Å². The molecule has 4 aromatic rings. The summed E-state index contributed by atoms with van der Waals surface area (Å²) in [6.07, 6.45) is 7.17. The highest BCUT2D eigenvalue weighted by atomic mass is 28.4. The van der Waals surface area contributed by atoms with Gasteiger partial charge in [0.25, 0.3) is 0 Å². The molecule has 0 saturated heterocycles. The molecule has 220 valence electrons. The molecule has 0 radical (unpaired) electrons. The number of benzene rings is 2. The van der Waals surface area contributed by atoms with Crippen molar-refractivity contribution in [1.82, 2.24) is 9.97 Å². The predicted octanol–water partition coefficient (Wildman–Crippen LogP) is 10.7. The van der Waals surface area contributed by atoms with E-state index in [-0.39, 0.29) is 10.8 Å². The summed E-state index contributed by atoms with van der Waals surface area (Å²) in [5.41, 5.74) is 4.26. The van der Waals surface area contributed by atoms with Crippen LogP contribution in [0, 0.1) is 0 Å². The lowest BCUT2D eigenvalue weighted by Crippen LogP contribution is -2.43. The molecule has 0 aliphatic carbocycles. The zero-order chi connectivity index (χ0) is 30.9. The summed E-state index contributed by atoms with van der Waals surface area (Å²) >= 11 is 0. The number of hydrogen-bond acceptors (Lipinski definition) is 4. The molecule has 41 heavy (non-hydrogen) atoms. The minimum Gasteiger partial charge on any atom is -0.543 e. The van der Waals surface area contributed by atoms with Crippen molar-refractivity contribution in [1.29, 1.82) is 0 Å². The molecule has 0 aliphatic rings. The molecule has 4 rings (SSSR count). The van der Waals surface area contributed by atoms with E-state index in [1.807, 2.05) is 48.7 Å². The number of pyridine rings is 2. The summed E-state index contributed by atoms with van der Waals surface area (Å²) in [4.78, 5) is 8.18. The van der Waals surface area contributed by atoms with Crippen molar-refractivity contribution < 1.29 is 9.53 Å². The highest BCUT2D eigenvalue weighted by Crippen LogP contribution is 2.38. The maximum absolute atomic E-state index is 9.25. The number of nitrogens with zero attached hydrogens (tertiary/aromatic N) is 2. The first kappa shape index (κ1) is 34.0. The molecular weight excluding hydrogens is 537 g/mol. The fourth-order valence-corrected chi connectivity index (χ4v) is 3.96. The molecule has 0 atom stereocenters. The largest absolute Gasteiger partial charge is 0.543 e. The van der Waals surface area contributed by atoms with Gasteiger partial charge in [-0.2, -0.15) is 0 Å². The van der Waals surface area contributed by atoms with Crippen LogP contribution in [0.5, 0.6) is 11.5 Å². The third-order valence-electron chi connectivity index (χ3n) is 8.10. The first-order valence-electron chi connectivity index (χ1n) is 14.3. The number of aromatic nitrogens is 2. The first-order chi connectivity index (χ1) is 18.9. The highest BCUT2D eigenvalue weighted by molar-refractivity contribution is 6.78. The topological polar surface area (TPSA) is 55.2 Å². The van der Waals surface area contributed by atoms with E-state index >= 15 is 0 Å². The molecule has 1 N–H and O–H groups in total. The third kappa shape index (κ3) is 10.9. The van der Waals surface area contributed by atoms with E-state index in [9.17, 15) is 5.11 Å². The molecule has 0 unspecified atom stereocenters. The number of aromatic hydroxyl groups is 1. The number of phenolic OH excluding ortho intramolecular Hbond substituents is 1. The lowest BCUT2D eigenvalue weighted by molar-refractivity contribution is 0.475.